The largest absolute Gasteiger partial charge is 0.478 e. The van der Waals surface area contributed by atoms with E-state index in [1.807, 2.05) is 0 Å². The van der Waals surface area contributed by atoms with E-state index in [9.17, 15) is 18.7 Å². The van der Waals surface area contributed by atoms with Crippen molar-refractivity contribution < 1.29 is 23.4 Å². The first kappa shape index (κ1) is 18.2. The molecule has 6 heteroatoms. The monoisotopic (exact) mass is 337 g/mol. The second-order valence-corrected chi connectivity index (χ2v) is 6.16. The van der Waals surface area contributed by atoms with E-state index in [1.165, 1.54) is 0 Å². The van der Waals surface area contributed by atoms with Crippen LogP contribution in [0.1, 0.15) is 42.5 Å². The van der Waals surface area contributed by atoms with Crippen molar-refractivity contribution in [2.45, 2.75) is 32.1 Å². The van der Waals surface area contributed by atoms with Crippen LogP contribution in [0.4, 0.5) is 8.78 Å². The van der Waals surface area contributed by atoms with E-state index in [-0.39, 0.29) is 30.9 Å². The van der Waals surface area contributed by atoms with Gasteiger partial charge in [0.1, 0.15) is 12.4 Å². The number of terminal acetylenes is 1. The maximum absolute atomic E-state index is 14.0. The Hall–Kier alpha value is -2.13. The molecule has 0 spiro atoms. The number of aliphatic hydroxyl groups excluding tert-OH is 1. The maximum Gasteiger partial charge on any atom is 0.254 e. The topological polar surface area (TPSA) is 58.6 Å². The number of halogens is 2. The van der Waals surface area contributed by atoms with E-state index < -0.39 is 23.1 Å². The Labute approximate surface area is 140 Å². The van der Waals surface area contributed by atoms with Crippen LogP contribution in [0.2, 0.25) is 0 Å². The van der Waals surface area contributed by atoms with Gasteiger partial charge in [-0.1, -0.05) is 25.2 Å². The summed E-state index contributed by atoms with van der Waals surface area (Å²) in [5.41, 5.74) is -0.775. The predicted octanol–water partition coefficient (Wildman–Crippen LogP) is 2.65. The minimum absolute atomic E-state index is 0.0387. The molecule has 1 aliphatic carbocycles. The fraction of sp³-hybridized carbons (Fsp3) is 0.500. The van der Waals surface area contributed by atoms with Crippen molar-refractivity contribution in [3.05, 3.63) is 29.3 Å². The molecule has 0 bridgehead atoms. The molecule has 1 aromatic carbocycles. The Morgan fingerprint density at radius 1 is 1.29 bits per heavy atom. The molecule has 24 heavy (non-hydrogen) atoms. The molecule has 1 amide bonds. The normalized spacial score (nSPS) is 16.2. The minimum Gasteiger partial charge on any atom is -0.478 e. The second-order valence-electron chi connectivity index (χ2n) is 6.16. The van der Waals surface area contributed by atoms with Crippen molar-refractivity contribution in [1.82, 2.24) is 5.32 Å². The Bertz CT molecular complexity index is 634. The lowest BCUT2D eigenvalue weighted by Gasteiger charge is -2.35. The van der Waals surface area contributed by atoms with Crippen molar-refractivity contribution in [2.75, 3.05) is 19.8 Å². The number of nitrogens with one attached hydrogen (secondary N) is 1. The molecule has 0 aliphatic heterocycles. The zero-order valence-electron chi connectivity index (χ0n) is 13.4. The summed E-state index contributed by atoms with van der Waals surface area (Å²) in [5.74, 6) is -0.635. The number of hydrogen-bond acceptors (Lipinski definition) is 3. The van der Waals surface area contributed by atoms with Gasteiger partial charge in [0.2, 0.25) is 0 Å². The summed E-state index contributed by atoms with van der Waals surface area (Å²) in [6.07, 6.45) is 9.69. The predicted molar refractivity (Wildman–Crippen MR) is 85.6 cm³/mol. The molecule has 1 aliphatic rings. The number of ether oxygens (including phenoxy) is 1. The summed E-state index contributed by atoms with van der Waals surface area (Å²) in [4.78, 5) is 12.2. The molecule has 1 fully saturated rings. The quantitative estimate of drug-likeness (QED) is 0.785. The van der Waals surface area contributed by atoms with Crippen molar-refractivity contribution in [1.29, 1.82) is 0 Å². The van der Waals surface area contributed by atoms with E-state index in [2.05, 4.69) is 11.2 Å². The lowest BCUT2D eigenvalue weighted by molar-refractivity contribution is 0.0716. The molecule has 0 atom stereocenters. The van der Waals surface area contributed by atoms with Crippen LogP contribution in [0.5, 0.6) is 5.75 Å². The van der Waals surface area contributed by atoms with Gasteiger partial charge in [-0.3, -0.25) is 4.79 Å². The van der Waals surface area contributed by atoms with Crippen LogP contribution in [-0.4, -0.2) is 30.8 Å². The van der Waals surface area contributed by atoms with Gasteiger partial charge < -0.3 is 15.2 Å². The van der Waals surface area contributed by atoms with Crippen molar-refractivity contribution in [2.24, 2.45) is 5.41 Å². The molecular formula is C18H21F2NO3. The molecule has 0 saturated heterocycles. The fourth-order valence-electron chi connectivity index (χ4n) is 2.99. The molecule has 1 saturated carbocycles. The SMILES string of the molecule is C#CCOc1cc(F)c(C(=O)NCC2(CO)CCCCC2)cc1F. The minimum atomic E-state index is -0.886. The summed E-state index contributed by atoms with van der Waals surface area (Å²) < 4.78 is 32.8. The standard InChI is InChI=1S/C18H21F2NO3/c1-2-8-24-16-10-14(19)13(9-15(16)20)17(23)21-11-18(12-22)6-4-3-5-7-18/h1,9-10,22H,3-8,11-12H2,(H,21,23). The Kier molecular flexibility index (Phi) is 6.16. The van der Waals surface area contributed by atoms with Gasteiger partial charge in [0.15, 0.2) is 11.6 Å². The molecule has 2 N–H and O–H groups in total. The number of rotatable bonds is 6. The zero-order chi connectivity index (χ0) is 17.6. The Morgan fingerprint density at radius 3 is 2.62 bits per heavy atom. The number of carbonyl (C=O) groups is 1. The molecular weight excluding hydrogens is 316 g/mol. The van der Waals surface area contributed by atoms with Crippen LogP contribution in [0.3, 0.4) is 0 Å². The average molecular weight is 337 g/mol. The van der Waals surface area contributed by atoms with E-state index in [0.717, 1.165) is 44.2 Å². The van der Waals surface area contributed by atoms with E-state index in [0.29, 0.717) is 0 Å². The van der Waals surface area contributed by atoms with Crippen molar-refractivity contribution >= 4 is 5.91 Å². The lowest BCUT2D eigenvalue weighted by Crippen LogP contribution is -2.41. The first-order chi connectivity index (χ1) is 11.5. The highest BCUT2D eigenvalue weighted by Crippen LogP contribution is 2.35. The van der Waals surface area contributed by atoms with Gasteiger partial charge >= 0.3 is 0 Å². The van der Waals surface area contributed by atoms with Crippen molar-refractivity contribution in [3.8, 4) is 18.1 Å². The van der Waals surface area contributed by atoms with Gasteiger partial charge in [-0.05, 0) is 18.9 Å². The Morgan fingerprint density at radius 2 is 2.00 bits per heavy atom. The zero-order valence-corrected chi connectivity index (χ0v) is 13.4. The summed E-state index contributed by atoms with van der Waals surface area (Å²) in [6.45, 7) is 0.00263. The summed E-state index contributed by atoms with van der Waals surface area (Å²) >= 11 is 0. The average Bonchev–Trinajstić information content (AvgIpc) is 2.61. The van der Waals surface area contributed by atoms with Crippen LogP contribution < -0.4 is 10.1 Å². The smallest absolute Gasteiger partial charge is 0.254 e. The summed E-state index contributed by atoms with van der Waals surface area (Å²) in [7, 11) is 0. The van der Waals surface area contributed by atoms with Gasteiger partial charge in [-0.15, -0.1) is 6.42 Å². The van der Waals surface area contributed by atoms with Crippen LogP contribution in [0, 0.1) is 29.4 Å². The Balaban J connectivity index is 2.06. The highest BCUT2D eigenvalue weighted by molar-refractivity contribution is 5.94. The highest BCUT2D eigenvalue weighted by atomic mass is 19.1. The fourth-order valence-corrected chi connectivity index (χ4v) is 2.99. The molecule has 2 rings (SSSR count). The van der Waals surface area contributed by atoms with Crippen LogP contribution >= 0.6 is 0 Å². The van der Waals surface area contributed by atoms with Crippen LogP contribution in [0.25, 0.3) is 0 Å². The molecule has 0 unspecified atom stereocenters. The van der Waals surface area contributed by atoms with E-state index in [4.69, 9.17) is 11.2 Å². The second kappa shape index (κ2) is 8.11. The highest BCUT2D eigenvalue weighted by Gasteiger charge is 2.32. The van der Waals surface area contributed by atoms with Crippen LogP contribution in [0.15, 0.2) is 12.1 Å². The molecule has 130 valence electrons. The summed E-state index contributed by atoms with van der Waals surface area (Å²) in [5, 5.41) is 12.2. The number of aliphatic hydroxyl groups is 1. The number of amides is 1. The van der Waals surface area contributed by atoms with Gasteiger partial charge in [0.05, 0.1) is 12.2 Å². The van der Waals surface area contributed by atoms with Gasteiger partial charge in [-0.25, -0.2) is 8.78 Å². The molecule has 1 aromatic rings. The first-order valence-electron chi connectivity index (χ1n) is 7.96. The van der Waals surface area contributed by atoms with Crippen molar-refractivity contribution in [3.63, 3.8) is 0 Å². The maximum atomic E-state index is 14.0. The molecule has 0 aromatic heterocycles. The first-order valence-corrected chi connectivity index (χ1v) is 7.96. The third kappa shape index (κ3) is 4.24. The number of carbonyl (C=O) groups excluding carboxylic acids is 1. The molecule has 0 heterocycles. The number of benzene rings is 1. The van der Waals surface area contributed by atoms with Gasteiger partial charge in [-0.2, -0.15) is 0 Å². The summed E-state index contributed by atoms with van der Waals surface area (Å²) in [6, 6.07) is 1.60. The van der Waals surface area contributed by atoms with E-state index >= 15 is 0 Å². The molecule has 4 nitrogen and oxygen atoms in total. The van der Waals surface area contributed by atoms with Crippen LogP contribution in [-0.2, 0) is 0 Å². The van der Waals surface area contributed by atoms with Gasteiger partial charge in [0, 0.05) is 18.0 Å². The third-order valence-electron chi connectivity index (χ3n) is 4.45. The lowest BCUT2D eigenvalue weighted by atomic mass is 9.74. The molecule has 0 radical (unpaired) electrons. The van der Waals surface area contributed by atoms with Gasteiger partial charge in [0.25, 0.3) is 5.91 Å². The third-order valence-corrected chi connectivity index (χ3v) is 4.45. The number of hydrogen-bond donors (Lipinski definition) is 2. The van der Waals surface area contributed by atoms with E-state index in [1.54, 1.807) is 0 Å².